The van der Waals surface area contributed by atoms with Gasteiger partial charge in [-0.3, -0.25) is 5.32 Å². The smallest absolute Gasteiger partial charge is 0.412 e. The maximum Gasteiger partial charge on any atom is 0.412 e. The molecule has 0 aliphatic carbocycles. The number of sulfone groups is 1. The van der Waals surface area contributed by atoms with Crippen molar-refractivity contribution in [1.82, 2.24) is 19.6 Å². The molecule has 11 heteroatoms. The Morgan fingerprint density at radius 1 is 1.23 bits per heavy atom. The first-order valence-corrected chi connectivity index (χ1v) is 11.6. The third kappa shape index (κ3) is 5.69. The van der Waals surface area contributed by atoms with Crippen LogP contribution < -0.4 is 10.6 Å². The van der Waals surface area contributed by atoms with Gasteiger partial charge in [0.15, 0.2) is 5.65 Å². The van der Waals surface area contributed by atoms with Gasteiger partial charge in [-0.1, -0.05) is 19.1 Å². The Hall–Kier alpha value is -3.21. The molecule has 2 aromatic heterocycles. The molecule has 166 valence electrons. The van der Waals surface area contributed by atoms with Gasteiger partial charge in [-0.05, 0) is 44.9 Å². The Morgan fingerprint density at radius 2 is 1.97 bits per heavy atom. The highest BCUT2D eigenvalue weighted by molar-refractivity contribution is 7.90. The van der Waals surface area contributed by atoms with E-state index in [1.165, 1.54) is 4.52 Å². The summed E-state index contributed by atoms with van der Waals surface area (Å²) in [5.41, 5.74) is 2.08. The van der Waals surface area contributed by atoms with Crippen LogP contribution in [0.1, 0.15) is 38.8 Å². The number of carbonyl (C=O) groups is 1. The maximum atomic E-state index is 12.0. The van der Waals surface area contributed by atoms with Crippen LogP contribution in [0.15, 0.2) is 35.6 Å². The predicted molar refractivity (Wildman–Crippen MR) is 117 cm³/mol. The van der Waals surface area contributed by atoms with E-state index in [4.69, 9.17) is 4.74 Å². The molecule has 3 aromatic rings. The monoisotopic (exact) mass is 446 g/mol. The van der Waals surface area contributed by atoms with Gasteiger partial charge in [0.1, 0.15) is 5.60 Å². The van der Waals surface area contributed by atoms with Gasteiger partial charge in [-0.25, -0.2) is 13.2 Å². The number of ether oxygens (including phenoxy) is 1. The summed E-state index contributed by atoms with van der Waals surface area (Å²) in [6, 6.07) is 7.19. The molecular formula is C20H26N6O4S. The quantitative estimate of drug-likeness (QED) is 0.591. The summed E-state index contributed by atoms with van der Waals surface area (Å²) in [6.07, 6.45) is 2.82. The summed E-state index contributed by atoms with van der Waals surface area (Å²) in [4.78, 5) is 20.3. The number of aryl methyl sites for hydroxylation is 1. The molecule has 0 atom stereocenters. The van der Waals surface area contributed by atoms with E-state index in [9.17, 15) is 13.2 Å². The molecule has 31 heavy (non-hydrogen) atoms. The molecule has 0 fully saturated rings. The number of hydrogen-bond donors (Lipinski definition) is 2. The van der Waals surface area contributed by atoms with Crippen molar-refractivity contribution in [2.24, 2.45) is 0 Å². The fourth-order valence-corrected chi connectivity index (χ4v) is 3.30. The van der Waals surface area contributed by atoms with Crippen LogP contribution in [0, 0.1) is 0 Å². The van der Waals surface area contributed by atoms with Crippen molar-refractivity contribution in [2.75, 3.05) is 16.9 Å². The van der Waals surface area contributed by atoms with E-state index in [2.05, 4.69) is 25.7 Å². The van der Waals surface area contributed by atoms with Crippen molar-refractivity contribution in [1.29, 1.82) is 0 Å². The van der Waals surface area contributed by atoms with E-state index in [0.717, 1.165) is 17.4 Å². The van der Waals surface area contributed by atoms with Crippen LogP contribution in [-0.2, 0) is 27.5 Å². The summed E-state index contributed by atoms with van der Waals surface area (Å²) in [5.74, 6) is 0.260. The molecule has 2 N–H and O–H groups in total. The molecule has 1 aromatic carbocycles. The van der Waals surface area contributed by atoms with Crippen molar-refractivity contribution in [3.05, 3.63) is 41.6 Å². The molecular weight excluding hydrogens is 420 g/mol. The van der Waals surface area contributed by atoms with Gasteiger partial charge < -0.3 is 10.1 Å². The van der Waals surface area contributed by atoms with Crippen LogP contribution in [0.25, 0.3) is 5.65 Å². The standard InChI is InChI=1S/C20H26N6O4S/c1-6-14-12-22-26-16(14)24-18(31(5,28)29)25-17(26)21-11-13-8-7-9-15(10-13)23-19(27)30-20(2,3)4/h7-10,12H,6,11H2,1-5H3,(H,23,27)(H,21,24,25). The number of carbonyl (C=O) groups excluding carboxylic acids is 1. The molecule has 1 amide bonds. The molecule has 0 saturated heterocycles. The Kier molecular flexibility index (Phi) is 6.16. The van der Waals surface area contributed by atoms with Crippen molar-refractivity contribution in [3.63, 3.8) is 0 Å². The van der Waals surface area contributed by atoms with Crippen molar-refractivity contribution in [2.45, 2.75) is 51.4 Å². The van der Waals surface area contributed by atoms with Crippen molar-refractivity contribution in [3.8, 4) is 0 Å². The van der Waals surface area contributed by atoms with Crippen LogP contribution in [-0.4, -0.2) is 45.9 Å². The second kappa shape index (κ2) is 8.50. The first-order chi connectivity index (χ1) is 14.5. The molecule has 0 unspecified atom stereocenters. The lowest BCUT2D eigenvalue weighted by molar-refractivity contribution is 0.0636. The number of fused-ring (bicyclic) bond motifs is 1. The zero-order valence-corrected chi connectivity index (χ0v) is 18.9. The highest BCUT2D eigenvalue weighted by Crippen LogP contribution is 2.18. The summed E-state index contributed by atoms with van der Waals surface area (Å²) in [7, 11) is -3.60. The van der Waals surface area contributed by atoms with E-state index in [-0.39, 0.29) is 11.1 Å². The lowest BCUT2D eigenvalue weighted by Crippen LogP contribution is -2.27. The summed E-state index contributed by atoms with van der Waals surface area (Å²) in [5, 5.41) is 9.82. The molecule has 2 heterocycles. The Balaban J connectivity index is 1.83. The molecule has 0 aliphatic heterocycles. The number of nitrogens with one attached hydrogen (secondary N) is 2. The summed E-state index contributed by atoms with van der Waals surface area (Å²) >= 11 is 0. The third-order valence-electron chi connectivity index (χ3n) is 4.16. The average molecular weight is 447 g/mol. The van der Waals surface area contributed by atoms with E-state index < -0.39 is 21.5 Å². The van der Waals surface area contributed by atoms with Crippen LogP contribution in [0.4, 0.5) is 16.4 Å². The maximum absolute atomic E-state index is 12.0. The fourth-order valence-electron chi connectivity index (χ4n) is 2.79. The first-order valence-electron chi connectivity index (χ1n) is 9.74. The Labute approximate surface area is 181 Å². The molecule has 0 bridgehead atoms. The number of nitrogens with zero attached hydrogens (tertiary/aromatic N) is 4. The van der Waals surface area contributed by atoms with Crippen LogP contribution >= 0.6 is 0 Å². The second-order valence-corrected chi connectivity index (χ2v) is 9.95. The molecule has 10 nitrogen and oxygen atoms in total. The molecule has 0 saturated carbocycles. The van der Waals surface area contributed by atoms with E-state index >= 15 is 0 Å². The second-order valence-electron chi connectivity index (χ2n) is 8.04. The lowest BCUT2D eigenvalue weighted by atomic mass is 10.2. The highest BCUT2D eigenvalue weighted by Gasteiger charge is 2.19. The van der Waals surface area contributed by atoms with E-state index in [1.807, 2.05) is 13.0 Å². The lowest BCUT2D eigenvalue weighted by Gasteiger charge is -2.19. The van der Waals surface area contributed by atoms with Crippen molar-refractivity contribution < 1.29 is 17.9 Å². The Bertz CT molecular complexity index is 1210. The minimum atomic E-state index is -3.60. The zero-order chi connectivity index (χ0) is 22.8. The van der Waals surface area contributed by atoms with Gasteiger partial charge in [0.25, 0.3) is 5.16 Å². The first kappa shape index (κ1) is 22.5. The van der Waals surface area contributed by atoms with Gasteiger partial charge in [0.05, 0.1) is 6.20 Å². The van der Waals surface area contributed by atoms with E-state index in [0.29, 0.717) is 24.3 Å². The summed E-state index contributed by atoms with van der Waals surface area (Å²) in [6.45, 7) is 7.63. The van der Waals surface area contributed by atoms with Crippen LogP contribution in [0.5, 0.6) is 0 Å². The SMILES string of the molecule is CCc1cnn2c(NCc3cccc(NC(=O)OC(C)(C)C)c3)nc(S(C)(=O)=O)nc12. The predicted octanol–water partition coefficient (Wildman–Crippen LogP) is 3.05. The normalized spacial score (nSPS) is 12.0. The molecule has 0 aliphatic rings. The summed E-state index contributed by atoms with van der Waals surface area (Å²) < 4.78 is 30.8. The van der Waals surface area contributed by atoms with Gasteiger partial charge in [0, 0.05) is 24.1 Å². The highest BCUT2D eigenvalue weighted by atomic mass is 32.2. The van der Waals surface area contributed by atoms with Crippen LogP contribution in [0.3, 0.4) is 0 Å². The fraction of sp³-hybridized carbons (Fsp3) is 0.400. The largest absolute Gasteiger partial charge is 0.444 e. The zero-order valence-electron chi connectivity index (χ0n) is 18.1. The number of anilines is 2. The number of aromatic nitrogens is 4. The number of amides is 1. The van der Waals surface area contributed by atoms with E-state index in [1.54, 1.807) is 45.2 Å². The number of rotatable bonds is 6. The van der Waals surface area contributed by atoms with Gasteiger partial charge in [0.2, 0.25) is 15.8 Å². The topological polar surface area (TPSA) is 128 Å². The Morgan fingerprint density at radius 3 is 2.61 bits per heavy atom. The molecule has 0 spiro atoms. The van der Waals surface area contributed by atoms with Crippen molar-refractivity contribution >= 4 is 33.2 Å². The van der Waals surface area contributed by atoms with Gasteiger partial charge in [-0.2, -0.15) is 19.6 Å². The third-order valence-corrected chi connectivity index (χ3v) is 5.00. The minimum Gasteiger partial charge on any atom is -0.444 e. The van der Waals surface area contributed by atoms with Gasteiger partial charge in [-0.15, -0.1) is 0 Å². The molecule has 0 radical (unpaired) electrons. The average Bonchev–Trinajstić information content (AvgIpc) is 3.07. The van der Waals surface area contributed by atoms with Crippen LogP contribution in [0.2, 0.25) is 0 Å². The van der Waals surface area contributed by atoms with Gasteiger partial charge >= 0.3 is 6.09 Å². The number of benzene rings is 1. The number of hydrogen-bond acceptors (Lipinski definition) is 8. The minimum absolute atomic E-state index is 0.260. The molecule has 3 rings (SSSR count).